The Morgan fingerprint density at radius 2 is 0.825 bits per heavy atom. The predicted octanol–water partition coefficient (Wildman–Crippen LogP) is 5.08. The summed E-state index contributed by atoms with van der Waals surface area (Å²) in [5.41, 5.74) is -0.564. The monoisotopic (exact) mass is 539 g/mol. The molecule has 2 atom stereocenters. The van der Waals surface area contributed by atoms with Crippen molar-refractivity contribution >= 4 is 6.41 Å². The lowest BCUT2D eigenvalue weighted by Gasteiger charge is -2.42. The van der Waals surface area contributed by atoms with Crippen molar-refractivity contribution < 1.29 is 24.5 Å². The molecule has 0 spiro atoms. The number of amides is 1. The van der Waals surface area contributed by atoms with Crippen LogP contribution >= 0.6 is 0 Å². The van der Waals surface area contributed by atoms with Crippen LogP contribution in [0.5, 0.6) is 0 Å². The standard InChI is InChI=1S/C31H30O4.C3H7NO/c1-29(2)34-27(30(32,23-15-7-3-8-16-23)24-17-9-4-10-18-24)28(35-29)31(33,25-19-11-5-12-20-25)26-21-13-6-14-22-26;1-4(2)3-5/h3-22,27-28,32-33H,1-2H3;3H,1-2H3/t27-,28-;/m1./s1. The number of ether oxygens (including phenoxy) is 2. The second-order valence-corrected chi connectivity index (χ2v) is 10.5. The summed E-state index contributed by atoms with van der Waals surface area (Å²) >= 11 is 0. The molecule has 4 aromatic rings. The molecule has 1 saturated heterocycles. The molecule has 4 aromatic carbocycles. The molecule has 0 unspecified atom stereocenters. The minimum atomic E-state index is -1.60. The van der Waals surface area contributed by atoms with Crippen molar-refractivity contribution in [1.82, 2.24) is 4.90 Å². The fourth-order valence-corrected chi connectivity index (χ4v) is 5.13. The van der Waals surface area contributed by atoms with E-state index in [1.807, 2.05) is 135 Å². The Bertz CT molecular complexity index is 1170. The van der Waals surface area contributed by atoms with Gasteiger partial charge < -0.3 is 24.6 Å². The second-order valence-electron chi connectivity index (χ2n) is 10.5. The molecule has 0 aromatic heterocycles. The Labute approximate surface area is 236 Å². The van der Waals surface area contributed by atoms with E-state index in [1.165, 1.54) is 4.90 Å². The van der Waals surface area contributed by atoms with Crippen LogP contribution in [-0.2, 0) is 25.5 Å². The van der Waals surface area contributed by atoms with Crippen LogP contribution in [-0.4, -0.2) is 53.6 Å². The van der Waals surface area contributed by atoms with Gasteiger partial charge in [0.05, 0.1) is 0 Å². The average molecular weight is 540 g/mol. The average Bonchev–Trinajstić information content (AvgIpc) is 3.34. The van der Waals surface area contributed by atoms with Crippen LogP contribution in [0.4, 0.5) is 0 Å². The summed E-state index contributed by atoms with van der Waals surface area (Å²) in [6, 6.07) is 37.8. The van der Waals surface area contributed by atoms with Gasteiger partial charge in [0.15, 0.2) is 5.79 Å². The van der Waals surface area contributed by atoms with E-state index in [9.17, 15) is 15.0 Å². The molecule has 2 N–H and O–H groups in total. The van der Waals surface area contributed by atoms with Crippen LogP contribution in [0.1, 0.15) is 36.1 Å². The number of hydrogen-bond acceptors (Lipinski definition) is 5. The Morgan fingerprint density at radius 3 is 1.02 bits per heavy atom. The number of rotatable bonds is 7. The van der Waals surface area contributed by atoms with Gasteiger partial charge in [0.2, 0.25) is 6.41 Å². The molecule has 6 heteroatoms. The lowest BCUT2D eigenvalue weighted by molar-refractivity contribution is -0.172. The second kappa shape index (κ2) is 12.1. The van der Waals surface area contributed by atoms with Gasteiger partial charge in [-0.3, -0.25) is 4.79 Å². The number of hydrogen-bond donors (Lipinski definition) is 2. The lowest BCUT2D eigenvalue weighted by Crippen LogP contribution is -2.54. The Morgan fingerprint density at radius 1 is 0.600 bits per heavy atom. The third-order valence-electron chi connectivity index (χ3n) is 6.99. The molecular formula is C34H37NO5. The highest BCUT2D eigenvalue weighted by Gasteiger charge is 2.61. The van der Waals surface area contributed by atoms with E-state index in [0.717, 1.165) is 6.41 Å². The first-order valence-corrected chi connectivity index (χ1v) is 13.3. The lowest BCUT2D eigenvalue weighted by atomic mass is 9.72. The highest BCUT2D eigenvalue weighted by molar-refractivity contribution is 5.45. The van der Waals surface area contributed by atoms with Gasteiger partial charge in [-0.05, 0) is 36.1 Å². The Hall–Kier alpha value is -3.81. The fraction of sp³-hybridized carbons (Fsp3) is 0.265. The van der Waals surface area contributed by atoms with E-state index < -0.39 is 29.2 Å². The molecule has 0 aliphatic carbocycles. The van der Waals surface area contributed by atoms with Crippen molar-refractivity contribution in [3.05, 3.63) is 144 Å². The number of carbonyl (C=O) groups is 1. The summed E-state index contributed by atoms with van der Waals surface area (Å²) < 4.78 is 13.0. The molecule has 0 saturated carbocycles. The molecule has 1 fully saturated rings. The van der Waals surface area contributed by atoms with Gasteiger partial charge in [-0.1, -0.05) is 121 Å². The van der Waals surface area contributed by atoms with Gasteiger partial charge in [-0.15, -0.1) is 0 Å². The Kier molecular flexibility index (Phi) is 8.86. The summed E-state index contributed by atoms with van der Waals surface area (Å²) in [5.74, 6) is -1.05. The Balaban J connectivity index is 0.000000681. The molecule has 1 aliphatic rings. The van der Waals surface area contributed by atoms with Gasteiger partial charge in [0, 0.05) is 14.1 Å². The molecule has 6 nitrogen and oxygen atoms in total. The van der Waals surface area contributed by atoms with Crippen LogP contribution in [0.2, 0.25) is 0 Å². The first kappa shape index (κ1) is 29.2. The molecule has 0 bridgehead atoms. The quantitative estimate of drug-likeness (QED) is 0.320. The molecule has 1 aliphatic heterocycles. The smallest absolute Gasteiger partial charge is 0.209 e. The van der Waals surface area contributed by atoms with E-state index in [4.69, 9.17) is 9.47 Å². The number of carbonyl (C=O) groups excluding carboxylic acids is 1. The van der Waals surface area contributed by atoms with Crippen molar-refractivity contribution in [1.29, 1.82) is 0 Å². The minimum absolute atomic E-state index is 0.658. The van der Waals surface area contributed by atoms with Crippen LogP contribution in [0, 0.1) is 0 Å². The molecule has 5 rings (SSSR count). The molecule has 40 heavy (non-hydrogen) atoms. The summed E-state index contributed by atoms with van der Waals surface area (Å²) in [5, 5.41) is 25.2. The summed E-state index contributed by atoms with van der Waals surface area (Å²) in [7, 11) is 3.38. The van der Waals surface area contributed by atoms with Crippen LogP contribution in [0.15, 0.2) is 121 Å². The first-order chi connectivity index (χ1) is 19.1. The fourth-order valence-electron chi connectivity index (χ4n) is 5.13. The molecule has 0 radical (unpaired) electrons. The van der Waals surface area contributed by atoms with Crippen molar-refractivity contribution in [2.45, 2.75) is 43.0 Å². The SMILES string of the molecule is CC1(C)O[C@@H](C(O)(c2ccccc2)c2ccccc2)[C@H](C(O)(c2ccccc2)c2ccccc2)O1.CN(C)C=O. The highest BCUT2D eigenvalue weighted by atomic mass is 16.8. The van der Waals surface area contributed by atoms with Crippen molar-refractivity contribution in [3.8, 4) is 0 Å². The van der Waals surface area contributed by atoms with Crippen molar-refractivity contribution in [2.24, 2.45) is 0 Å². The maximum atomic E-state index is 12.6. The summed E-state index contributed by atoms with van der Waals surface area (Å²) in [6.07, 6.45) is -1.12. The minimum Gasteiger partial charge on any atom is -0.378 e. The molecule has 1 amide bonds. The van der Waals surface area contributed by atoms with E-state index in [0.29, 0.717) is 22.3 Å². The van der Waals surface area contributed by atoms with Gasteiger partial charge in [-0.2, -0.15) is 0 Å². The molecular weight excluding hydrogens is 502 g/mol. The number of benzene rings is 4. The summed E-state index contributed by atoms with van der Waals surface area (Å²) in [6.45, 7) is 3.62. The van der Waals surface area contributed by atoms with E-state index >= 15 is 0 Å². The summed E-state index contributed by atoms with van der Waals surface area (Å²) in [4.78, 5) is 10.9. The van der Waals surface area contributed by atoms with Gasteiger partial charge >= 0.3 is 0 Å². The van der Waals surface area contributed by atoms with Crippen LogP contribution < -0.4 is 0 Å². The number of nitrogens with zero attached hydrogens (tertiary/aromatic N) is 1. The normalized spacial score (nSPS) is 18.4. The third-order valence-corrected chi connectivity index (χ3v) is 6.99. The largest absolute Gasteiger partial charge is 0.378 e. The zero-order valence-corrected chi connectivity index (χ0v) is 23.3. The maximum Gasteiger partial charge on any atom is 0.209 e. The topological polar surface area (TPSA) is 79.2 Å². The van der Waals surface area contributed by atoms with E-state index in [-0.39, 0.29) is 0 Å². The number of aliphatic hydroxyl groups is 2. The zero-order chi connectivity index (χ0) is 28.8. The van der Waals surface area contributed by atoms with Gasteiger partial charge in [-0.25, -0.2) is 0 Å². The van der Waals surface area contributed by atoms with Gasteiger partial charge in [0.25, 0.3) is 0 Å². The van der Waals surface area contributed by atoms with Gasteiger partial charge in [0.1, 0.15) is 23.4 Å². The third kappa shape index (κ3) is 5.86. The van der Waals surface area contributed by atoms with Crippen molar-refractivity contribution in [3.63, 3.8) is 0 Å². The zero-order valence-electron chi connectivity index (χ0n) is 23.3. The molecule has 1 heterocycles. The van der Waals surface area contributed by atoms with E-state index in [2.05, 4.69) is 0 Å². The highest BCUT2D eigenvalue weighted by Crippen LogP contribution is 2.50. The molecule has 208 valence electrons. The first-order valence-electron chi connectivity index (χ1n) is 13.3. The van der Waals surface area contributed by atoms with E-state index in [1.54, 1.807) is 14.1 Å². The van der Waals surface area contributed by atoms with Crippen LogP contribution in [0.3, 0.4) is 0 Å². The van der Waals surface area contributed by atoms with Crippen molar-refractivity contribution in [2.75, 3.05) is 14.1 Å². The maximum absolute atomic E-state index is 12.6. The van der Waals surface area contributed by atoms with Crippen LogP contribution in [0.25, 0.3) is 0 Å². The predicted molar refractivity (Wildman–Crippen MR) is 155 cm³/mol.